The molecular formula is C18H24N4O4S. The van der Waals surface area contributed by atoms with Crippen LogP contribution in [-0.2, 0) is 11.2 Å². The maximum Gasteiger partial charge on any atom is 0.261 e. The number of amides is 2. The van der Waals surface area contributed by atoms with E-state index in [0.29, 0.717) is 22.8 Å². The number of hydrogen-bond donors (Lipinski definition) is 2. The molecule has 1 aliphatic heterocycles. The second-order valence-electron chi connectivity index (χ2n) is 7.42. The molecule has 27 heavy (non-hydrogen) atoms. The molecule has 2 amide bonds. The minimum Gasteiger partial charge on any atom is -0.394 e. The number of rotatable bonds is 6. The van der Waals surface area contributed by atoms with Crippen LogP contribution in [0.4, 0.5) is 0 Å². The smallest absolute Gasteiger partial charge is 0.261 e. The molecule has 1 aliphatic rings. The van der Waals surface area contributed by atoms with Crippen molar-refractivity contribution in [1.82, 2.24) is 20.5 Å². The van der Waals surface area contributed by atoms with Crippen molar-refractivity contribution in [2.24, 2.45) is 0 Å². The standard InChI is InChI=1S/C18H24N4O4S/c1-11-12(21-26-20-11)9-16(24)22-8-4-5-13(22)14-6-7-15(27-14)17(25)19-18(2,3)10-23/h6-7,13,23H,4-5,8-10H2,1-3H3,(H,19,25)/t13-/m1/s1. The Bertz CT molecular complexity index is 829. The fraction of sp³-hybridized carbons (Fsp3) is 0.556. The van der Waals surface area contributed by atoms with E-state index in [-0.39, 0.29) is 30.9 Å². The molecule has 0 radical (unpaired) electrons. The molecular weight excluding hydrogens is 368 g/mol. The second kappa shape index (κ2) is 7.77. The Balaban J connectivity index is 1.70. The van der Waals surface area contributed by atoms with Gasteiger partial charge in [-0.2, -0.15) is 0 Å². The van der Waals surface area contributed by atoms with Crippen LogP contribution in [0.25, 0.3) is 0 Å². The predicted octanol–water partition coefficient (Wildman–Crippen LogP) is 1.85. The van der Waals surface area contributed by atoms with Crippen LogP contribution in [0.1, 0.15) is 58.7 Å². The number of aryl methyl sites for hydroxylation is 1. The molecule has 8 nitrogen and oxygen atoms in total. The first kappa shape index (κ1) is 19.5. The van der Waals surface area contributed by atoms with Gasteiger partial charge in [0.05, 0.1) is 29.5 Å². The van der Waals surface area contributed by atoms with Gasteiger partial charge in [-0.05, 0) is 45.7 Å². The zero-order valence-electron chi connectivity index (χ0n) is 15.7. The van der Waals surface area contributed by atoms with Crippen molar-refractivity contribution < 1.29 is 19.3 Å². The molecule has 0 spiro atoms. The highest BCUT2D eigenvalue weighted by atomic mass is 32.1. The van der Waals surface area contributed by atoms with Crippen LogP contribution in [-0.4, -0.2) is 50.8 Å². The zero-order chi connectivity index (χ0) is 19.6. The Morgan fingerprint density at radius 2 is 2.19 bits per heavy atom. The third-order valence-electron chi connectivity index (χ3n) is 4.66. The Kier molecular flexibility index (Phi) is 5.61. The summed E-state index contributed by atoms with van der Waals surface area (Å²) in [5.74, 6) is -0.234. The average molecular weight is 392 g/mol. The van der Waals surface area contributed by atoms with E-state index >= 15 is 0 Å². The number of nitrogens with one attached hydrogen (secondary N) is 1. The highest BCUT2D eigenvalue weighted by molar-refractivity contribution is 7.14. The molecule has 0 bridgehead atoms. The van der Waals surface area contributed by atoms with Gasteiger partial charge in [0, 0.05) is 11.4 Å². The average Bonchev–Trinajstić information content (AvgIpc) is 3.34. The summed E-state index contributed by atoms with van der Waals surface area (Å²) in [7, 11) is 0. The Hall–Kier alpha value is -2.26. The Morgan fingerprint density at radius 3 is 2.85 bits per heavy atom. The lowest BCUT2D eigenvalue weighted by atomic mass is 10.1. The van der Waals surface area contributed by atoms with Crippen molar-refractivity contribution in [2.45, 2.75) is 51.6 Å². The summed E-state index contributed by atoms with van der Waals surface area (Å²) >= 11 is 1.39. The molecule has 2 aromatic heterocycles. The first-order chi connectivity index (χ1) is 12.8. The molecule has 1 atom stereocenters. The summed E-state index contributed by atoms with van der Waals surface area (Å²) in [6.07, 6.45) is 1.95. The summed E-state index contributed by atoms with van der Waals surface area (Å²) in [5, 5.41) is 19.6. The molecule has 0 unspecified atom stereocenters. The maximum absolute atomic E-state index is 12.7. The molecule has 2 N–H and O–H groups in total. The number of aromatic nitrogens is 2. The summed E-state index contributed by atoms with van der Waals surface area (Å²) in [6.45, 7) is 5.83. The van der Waals surface area contributed by atoms with Crippen molar-refractivity contribution >= 4 is 23.2 Å². The predicted molar refractivity (Wildman–Crippen MR) is 99.4 cm³/mol. The van der Waals surface area contributed by atoms with Gasteiger partial charge < -0.3 is 15.3 Å². The van der Waals surface area contributed by atoms with E-state index in [9.17, 15) is 14.7 Å². The first-order valence-electron chi connectivity index (χ1n) is 8.91. The van der Waals surface area contributed by atoms with Gasteiger partial charge in [-0.25, -0.2) is 4.63 Å². The number of thiophene rings is 1. The van der Waals surface area contributed by atoms with E-state index in [0.717, 1.165) is 17.7 Å². The van der Waals surface area contributed by atoms with E-state index in [4.69, 9.17) is 0 Å². The van der Waals surface area contributed by atoms with Crippen molar-refractivity contribution in [3.05, 3.63) is 33.3 Å². The van der Waals surface area contributed by atoms with Gasteiger partial charge in [-0.1, -0.05) is 10.3 Å². The van der Waals surface area contributed by atoms with Gasteiger partial charge in [-0.3, -0.25) is 9.59 Å². The van der Waals surface area contributed by atoms with Crippen LogP contribution in [0.5, 0.6) is 0 Å². The lowest BCUT2D eigenvalue weighted by Gasteiger charge is -2.24. The quantitative estimate of drug-likeness (QED) is 0.777. The molecule has 0 aliphatic carbocycles. The van der Waals surface area contributed by atoms with Gasteiger partial charge >= 0.3 is 0 Å². The number of carbonyl (C=O) groups excluding carboxylic acids is 2. The fourth-order valence-corrected chi connectivity index (χ4v) is 4.13. The first-order valence-corrected chi connectivity index (χ1v) is 9.73. The van der Waals surface area contributed by atoms with Crippen LogP contribution in [0.15, 0.2) is 16.8 Å². The number of nitrogens with zero attached hydrogens (tertiary/aromatic N) is 3. The van der Waals surface area contributed by atoms with Gasteiger partial charge in [0.15, 0.2) is 0 Å². The molecule has 1 fully saturated rings. The van der Waals surface area contributed by atoms with E-state index in [1.54, 1.807) is 26.8 Å². The number of aliphatic hydroxyl groups excluding tert-OH is 1. The van der Waals surface area contributed by atoms with Crippen LogP contribution in [0.3, 0.4) is 0 Å². The molecule has 2 aromatic rings. The molecule has 0 aromatic carbocycles. The lowest BCUT2D eigenvalue weighted by molar-refractivity contribution is -0.131. The van der Waals surface area contributed by atoms with Crippen LogP contribution >= 0.6 is 11.3 Å². The number of carbonyl (C=O) groups is 2. The summed E-state index contributed by atoms with van der Waals surface area (Å²) in [4.78, 5) is 28.5. The lowest BCUT2D eigenvalue weighted by Crippen LogP contribution is -2.46. The van der Waals surface area contributed by atoms with Gasteiger partial charge in [0.2, 0.25) is 5.91 Å². The van der Waals surface area contributed by atoms with Crippen LogP contribution < -0.4 is 5.32 Å². The number of likely N-dealkylation sites (tertiary alicyclic amines) is 1. The van der Waals surface area contributed by atoms with E-state index in [1.165, 1.54) is 11.3 Å². The van der Waals surface area contributed by atoms with E-state index in [1.807, 2.05) is 11.0 Å². The van der Waals surface area contributed by atoms with Gasteiger partial charge in [0.1, 0.15) is 11.4 Å². The van der Waals surface area contributed by atoms with Crippen molar-refractivity contribution in [3.63, 3.8) is 0 Å². The summed E-state index contributed by atoms with van der Waals surface area (Å²) in [5.41, 5.74) is 0.504. The Labute approximate surface area is 161 Å². The number of hydrogen-bond acceptors (Lipinski definition) is 7. The third-order valence-corrected chi connectivity index (χ3v) is 5.85. The largest absolute Gasteiger partial charge is 0.394 e. The molecule has 146 valence electrons. The van der Waals surface area contributed by atoms with Crippen molar-refractivity contribution in [1.29, 1.82) is 0 Å². The van der Waals surface area contributed by atoms with Crippen molar-refractivity contribution in [2.75, 3.05) is 13.2 Å². The SMILES string of the molecule is Cc1nonc1CC(=O)N1CCC[C@@H]1c1ccc(C(=O)NC(C)(C)CO)s1. The molecule has 3 rings (SSSR count). The van der Waals surface area contributed by atoms with Gasteiger partial charge in [0.25, 0.3) is 5.91 Å². The van der Waals surface area contributed by atoms with E-state index in [2.05, 4.69) is 20.3 Å². The molecule has 9 heteroatoms. The maximum atomic E-state index is 12.7. The highest BCUT2D eigenvalue weighted by Gasteiger charge is 2.32. The van der Waals surface area contributed by atoms with E-state index < -0.39 is 5.54 Å². The highest BCUT2D eigenvalue weighted by Crippen LogP contribution is 2.36. The third kappa shape index (κ3) is 4.36. The normalized spacial score (nSPS) is 17.3. The minimum absolute atomic E-state index is 0.0166. The monoisotopic (exact) mass is 392 g/mol. The second-order valence-corrected chi connectivity index (χ2v) is 8.53. The number of aliphatic hydroxyl groups is 1. The van der Waals surface area contributed by atoms with Crippen molar-refractivity contribution in [3.8, 4) is 0 Å². The van der Waals surface area contributed by atoms with Crippen LogP contribution in [0.2, 0.25) is 0 Å². The topological polar surface area (TPSA) is 109 Å². The molecule has 0 saturated carbocycles. The fourth-order valence-electron chi connectivity index (χ4n) is 3.08. The minimum atomic E-state index is -0.680. The Morgan fingerprint density at radius 1 is 1.41 bits per heavy atom. The zero-order valence-corrected chi connectivity index (χ0v) is 16.5. The summed E-state index contributed by atoms with van der Waals surface area (Å²) < 4.78 is 4.67. The molecule has 3 heterocycles. The van der Waals surface area contributed by atoms with Crippen LogP contribution in [0, 0.1) is 6.92 Å². The summed E-state index contributed by atoms with van der Waals surface area (Å²) in [6, 6.07) is 3.65. The van der Waals surface area contributed by atoms with Gasteiger partial charge in [-0.15, -0.1) is 11.3 Å². The molecule has 1 saturated heterocycles.